The van der Waals surface area contributed by atoms with E-state index in [1.54, 1.807) is 41.7 Å². The molecule has 6 heteroatoms. The minimum Gasteiger partial charge on any atom is -0.459 e. The first-order valence-corrected chi connectivity index (χ1v) is 10.5. The van der Waals surface area contributed by atoms with Crippen LogP contribution in [0.5, 0.6) is 0 Å². The fourth-order valence-electron chi connectivity index (χ4n) is 3.71. The van der Waals surface area contributed by atoms with Gasteiger partial charge in [0.2, 0.25) is 0 Å². The number of aliphatic hydroxyl groups excluding tert-OH is 1. The maximum absolute atomic E-state index is 12.6. The fraction of sp³-hybridized carbons (Fsp3) is 0.909. The molecule has 0 aromatic rings. The molecular weight excluding hydrogens is 360 g/mol. The second-order valence-corrected chi connectivity index (χ2v) is 8.87. The number of esters is 1. The molecule has 166 valence electrons. The number of aliphatic hydroxyl groups is 2. The van der Waals surface area contributed by atoms with E-state index < -0.39 is 29.7 Å². The number of carbonyl (C=O) groups excluding carboxylic acids is 2. The molecule has 0 saturated heterocycles. The third kappa shape index (κ3) is 7.80. The zero-order valence-electron chi connectivity index (χ0n) is 19.2. The molecule has 0 aromatic heterocycles. The van der Waals surface area contributed by atoms with Crippen LogP contribution in [0, 0.1) is 23.7 Å². The molecule has 0 rings (SSSR count). The highest BCUT2D eigenvalue weighted by Crippen LogP contribution is 2.29. The van der Waals surface area contributed by atoms with Crippen molar-refractivity contribution < 1.29 is 29.3 Å². The van der Waals surface area contributed by atoms with Gasteiger partial charge in [0.25, 0.3) is 0 Å². The molecule has 0 aromatic carbocycles. The van der Waals surface area contributed by atoms with E-state index in [0.29, 0.717) is 12.8 Å². The number of ether oxygens (including phenoxy) is 2. The van der Waals surface area contributed by atoms with E-state index in [4.69, 9.17) is 9.47 Å². The lowest BCUT2D eigenvalue weighted by atomic mass is 9.80. The van der Waals surface area contributed by atoms with Crippen LogP contribution < -0.4 is 0 Å². The van der Waals surface area contributed by atoms with Crippen LogP contribution in [-0.2, 0) is 19.1 Å². The Morgan fingerprint density at radius 1 is 1.04 bits per heavy atom. The lowest BCUT2D eigenvalue weighted by Gasteiger charge is -2.38. The standard InChI is InChI=1S/C22H42O6/c1-10-18(22(8,26)20(24)17(7)19(23)13(2)3)28-21(25)15(5)11-14(4)12-16(6)27-9/h13-18,20,24,26H,10-12H2,1-9H3/t14-,15+,16-,17-,18+,20+,22+/m0/s1. The third-order valence-corrected chi connectivity index (χ3v) is 5.67. The van der Waals surface area contributed by atoms with Crippen LogP contribution in [0.2, 0.25) is 0 Å². The summed E-state index contributed by atoms with van der Waals surface area (Å²) in [6, 6.07) is 0. The molecule has 0 aliphatic heterocycles. The Balaban J connectivity index is 5.04. The first-order chi connectivity index (χ1) is 12.8. The number of hydrogen-bond acceptors (Lipinski definition) is 6. The molecule has 2 N–H and O–H groups in total. The van der Waals surface area contributed by atoms with Crippen LogP contribution >= 0.6 is 0 Å². The molecule has 0 amide bonds. The van der Waals surface area contributed by atoms with Gasteiger partial charge < -0.3 is 19.7 Å². The monoisotopic (exact) mass is 402 g/mol. The molecule has 7 atom stereocenters. The Labute approximate surface area is 171 Å². The van der Waals surface area contributed by atoms with Crippen LogP contribution in [0.25, 0.3) is 0 Å². The summed E-state index contributed by atoms with van der Waals surface area (Å²) in [5, 5.41) is 21.5. The van der Waals surface area contributed by atoms with E-state index in [1.807, 2.05) is 6.92 Å². The maximum atomic E-state index is 12.6. The van der Waals surface area contributed by atoms with Crippen molar-refractivity contribution in [1.29, 1.82) is 0 Å². The second-order valence-electron chi connectivity index (χ2n) is 8.87. The summed E-state index contributed by atoms with van der Waals surface area (Å²) in [6.45, 7) is 14.2. The van der Waals surface area contributed by atoms with Gasteiger partial charge in [-0.25, -0.2) is 0 Å². The van der Waals surface area contributed by atoms with Gasteiger partial charge in [-0.3, -0.25) is 9.59 Å². The molecule has 0 spiro atoms. The Kier molecular flexibility index (Phi) is 11.5. The summed E-state index contributed by atoms with van der Waals surface area (Å²) >= 11 is 0. The highest BCUT2D eigenvalue weighted by atomic mass is 16.6. The van der Waals surface area contributed by atoms with Crippen LogP contribution in [0.3, 0.4) is 0 Å². The number of hydrogen-bond donors (Lipinski definition) is 2. The fourth-order valence-corrected chi connectivity index (χ4v) is 3.71. The minimum atomic E-state index is -1.72. The molecule has 28 heavy (non-hydrogen) atoms. The van der Waals surface area contributed by atoms with Crippen molar-refractivity contribution in [2.45, 2.75) is 98.6 Å². The Morgan fingerprint density at radius 3 is 2.00 bits per heavy atom. The topological polar surface area (TPSA) is 93.1 Å². The van der Waals surface area contributed by atoms with E-state index in [-0.39, 0.29) is 29.6 Å². The first-order valence-electron chi connectivity index (χ1n) is 10.5. The van der Waals surface area contributed by atoms with E-state index in [1.165, 1.54) is 6.92 Å². The number of ketones is 1. The molecule has 0 heterocycles. The normalized spacial score (nSPS) is 20.6. The van der Waals surface area contributed by atoms with Gasteiger partial charge in [0.15, 0.2) is 0 Å². The molecule has 0 unspecified atom stereocenters. The van der Waals surface area contributed by atoms with Crippen LogP contribution in [0.1, 0.15) is 74.7 Å². The number of carbonyl (C=O) groups is 2. The Morgan fingerprint density at radius 2 is 1.57 bits per heavy atom. The van der Waals surface area contributed by atoms with Crippen molar-refractivity contribution in [3.05, 3.63) is 0 Å². The lowest BCUT2D eigenvalue weighted by molar-refractivity contribution is -0.189. The van der Waals surface area contributed by atoms with Crippen molar-refractivity contribution in [3.8, 4) is 0 Å². The van der Waals surface area contributed by atoms with E-state index >= 15 is 0 Å². The summed E-state index contributed by atoms with van der Waals surface area (Å²) in [5.41, 5.74) is -1.72. The van der Waals surface area contributed by atoms with Crippen molar-refractivity contribution in [1.82, 2.24) is 0 Å². The summed E-state index contributed by atoms with van der Waals surface area (Å²) in [6.07, 6.45) is -0.268. The van der Waals surface area contributed by atoms with Gasteiger partial charge in [-0.1, -0.05) is 41.5 Å². The average Bonchev–Trinajstić information content (AvgIpc) is 2.62. The SMILES string of the molecule is CC[C@@H](OC(=O)[C@H](C)C[C@H](C)C[C@H](C)OC)[C@@](C)(O)[C@H](O)[C@@H](C)C(=O)C(C)C. The number of methoxy groups -OCH3 is 1. The van der Waals surface area contributed by atoms with Crippen LogP contribution in [0.4, 0.5) is 0 Å². The van der Waals surface area contributed by atoms with Crippen molar-refractivity contribution in [2.75, 3.05) is 7.11 Å². The van der Waals surface area contributed by atoms with Gasteiger partial charge in [0.05, 0.1) is 18.1 Å². The zero-order chi connectivity index (χ0) is 22.2. The molecule has 0 saturated carbocycles. The predicted molar refractivity (Wildman–Crippen MR) is 110 cm³/mol. The van der Waals surface area contributed by atoms with Gasteiger partial charge in [0, 0.05) is 18.9 Å². The molecule has 0 aliphatic rings. The summed E-state index contributed by atoms with van der Waals surface area (Å²) < 4.78 is 10.8. The van der Waals surface area contributed by atoms with Gasteiger partial charge in [-0.05, 0) is 39.0 Å². The summed E-state index contributed by atoms with van der Waals surface area (Å²) in [5.74, 6) is -1.60. The quantitative estimate of drug-likeness (QED) is 0.459. The summed E-state index contributed by atoms with van der Waals surface area (Å²) in [4.78, 5) is 24.8. The maximum Gasteiger partial charge on any atom is 0.309 e. The highest BCUT2D eigenvalue weighted by Gasteiger charge is 2.45. The largest absolute Gasteiger partial charge is 0.459 e. The van der Waals surface area contributed by atoms with Gasteiger partial charge in [0.1, 0.15) is 17.5 Å². The third-order valence-electron chi connectivity index (χ3n) is 5.67. The molecule has 0 aliphatic carbocycles. The Hall–Kier alpha value is -0.980. The van der Waals surface area contributed by atoms with E-state index in [0.717, 1.165) is 6.42 Å². The number of Topliss-reactive ketones (excluding diaryl/α,β-unsaturated/α-hetero) is 1. The second kappa shape index (κ2) is 11.9. The minimum absolute atomic E-state index is 0.123. The molecule has 0 bridgehead atoms. The Bertz CT molecular complexity index is 487. The van der Waals surface area contributed by atoms with E-state index in [2.05, 4.69) is 6.92 Å². The van der Waals surface area contributed by atoms with Crippen molar-refractivity contribution in [3.63, 3.8) is 0 Å². The summed E-state index contributed by atoms with van der Waals surface area (Å²) in [7, 11) is 1.67. The van der Waals surface area contributed by atoms with E-state index in [9.17, 15) is 19.8 Å². The van der Waals surface area contributed by atoms with Crippen LogP contribution in [0.15, 0.2) is 0 Å². The zero-order valence-corrected chi connectivity index (χ0v) is 19.2. The van der Waals surface area contributed by atoms with Gasteiger partial charge >= 0.3 is 5.97 Å². The average molecular weight is 403 g/mol. The predicted octanol–water partition coefficient (Wildman–Crippen LogP) is 3.37. The molecule has 6 nitrogen and oxygen atoms in total. The first kappa shape index (κ1) is 27.0. The number of rotatable bonds is 13. The molecule has 0 fully saturated rings. The smallest absolute Gasteiger partial charge is 0.309 e. The van der Waals surface area contributed by atoms with Gasteiger partial charge in [-0.2, -0.15) is 0 Å². The van der Waals surface area contributed by atoms with Crippen molar-refractivity contribution in [2.24, 2.45) is 23.7 Å². The van der Waals surface area contributed by atoms with Gasteiger partial charge in [-0.15, -0.1) is 0 Å². The lowest BCUT2D eigenvalue weighted by Crippen LogP contribution is -2.55. The highest BCUT2D eigenvalue weighted by molar-refractivity contribution is 5.83. The molecular formula is C22H42O6. The molecule has 0 radical (unpaired) electrons. The van der Waals surface area contributed by atoms with Crippen LogP contribution in [-0.4, -0.2) is 53.0 Å². The van der Waals surface area contributed by atoms with Crippen molar-refractivity contribution >= 4 is 11.8 Å².